The van der Waals surface area contributed by atoms with Gasteiger partial charge in [-0.25, -0.2) is 8.78 Å². The van der Waals surface area contributed by atoms with Crippen LogP contribution < -0.4 is 15.0 Å². The number of anilines is 1. The number of ether oxygens (including phenoxy) is 1. The first-order valence-corrected chi connectivity index (χ1v) is 12.7. The van der Waals surface area contributed by atoms with Crippen LogP contribution in [0.1, 0.15) is 11.3 Å². The molecule has 1 aliphatic heterocycles. The molecule has 37 heavy (non-hydrogen) atoms. The lowest BCUT2D eigenvalue weighted by atomic mass is 10.0. The molecule has 0 saturated carbocycles. The van der Waals surface area contributed by atoms with Gasteiger partial charge >= 0.3 is 10.2 Å². The average molecular weight is 549 g/mol. The molecule has 0 saturated heterocycles. The fourth-order valence-electron chi connectivity index (χ4n) is 4.23. The molecular weight excluding hydrogens is 530 g/mol. The molecule has 13 heteroatoms. The fraction of sp³-hybridized carbons (Fsp3) is 0.167. The van der Waals surface area contributed by atoms with Crippen molar-refractivity contribution >= 4 is 27.6 Å². The molecule has 3 heterocycles. The topological polar surface area (TPSA) is 107 Å². The zero-order chi connectivity index (χ0) is 26.3. The molecule has 0 bridgehead atoms. The van der Waals surface area contributed by atoms with Crippen molar-refractivity contribution in [2.75, 3.05) is 18.4 Å². The highest BCUT2D eigenvalue weighted by molar-refractivity contribution is 7.90. The molecule has 192 valence electrons. The van der Waals surface area contributed by atoms with Gasteiger partial charge in [0, 0.05) is 42.9 Å². The zero-order valence-corrected chi connectivity index (χ0v) is 20.8. The predicted octanol–water partition coefficient (Wildman–Crippen LogP) is 4.15. The van der Waals surface area contributed by atoms with Crippen LogP contribution in [0.3, 0.4) is 0 Å². The second kappa shape index (κ2) is 9.61. The van der Waals surface area contributed by atoms with Crippen LogP contribution in [0.2, 0.25) is 5.02 Å². The van der Waals surface area contributed by atoms with E-state index in [4.69, 9.17) is 16.3 Å². The number of fused-ring (bicyclic) bond motifs is 1. The smallest absolute Gasteiger partial charge is 0.303 e. The number of methoxy groups -OCH3 is 1. The molecule has 2 aromatic carbocycles. The Hall–Kier alpha value is -3.74. The van der Waals surface area contributed by atoms with E-state index < -0.39 is 21.8 Å². The van der Waals surface area contributed by atoms with Crippen molar-refractivity contribution in [2.45, 2.75) is 13.0 Å². The number of pyridine rings is 1. The van der Waals surface area contributed by atoms with E-state index in [1.807, 2.05) is 0 Å². The number of rotatable bonds is 6. The Morgan fingerprint density at radius 1 is 1.11 bits per heavy atom. The number of aromatic nitrogens is 2. The Morgan fingerprint density at radius 2 is 1.92 bits per heavy atom. The SMILES string of the molecule is COc1cc(-c2ccc(F)c(F)c2)c(Cl)cc1-n1c2c(ccc1=O)CN(S(=O)(=O)Nc1ccon1)CC2. The highest BCUT2D eigenvalue weighted by Crippen LogP contribution is 2.37. The zero-order valence-electron chi connectivity index (χ0n) is 19.2. The number of nitrogens with zero attached hydrogens (tertiary/aromatic N) is 3. The fourth-order valence-corrected chi connectivity index (χ4v) is 5.64. The van der Waals surface area contributed by atoms with Crippen molar-refractivity contribution in [3.8, 4) is 22.6 Å². The maximum absolute atomic E-state index is 13.8. The maximum Gasteiger partial charge on any atom is 0.303 e. The molecule has 5 rings (SSSR count). The summed E-state index contributed by atoms with van der Waals surface area (Å²) in [5, 5.41) is 3.75. The van der Waals surface area contributed by atoms with Gasteiger partial charge in [0.25, 0.3) is 5.56 Å². The van der Waals surface area contributed by atoms with Crippen molar-refractivity contribution in [3.63, 3.8) is 0 Å². The van der Waals surface area contributed by atoms with Crippen LogP contribution in [0.15, 0.2) is 64.1 Å². The Kier molecular flexibility index (Phi) is 6.48. The van der Waals surface area contributed by atoms with E-state index in [1.54, 1.807) is 6.07 Å². The lowest BCUT2D eigenvalue weighted by Crippen LogP contribution is -2.41. The number of benzene rings is 2. The van der Waals surface area contributed by atoms with Gasteiger partial charge in [0.05, 0.1) is 17.8 Å². The summed E-state index contributed by atoms with van der Waals surface area (Å²) in [6.45, 7) is 0.0956. The minimum Gasteiger partial charge on any atom is -0.495 e. The summed E-state index contributed by atoms with van der Waals surface area (Å²) >= 11 is 6.52. The van der Waals surface area contributed by atoms with Gasteiger partial charge < -0.3 is 9.26 Å². The molecule has 0 atom stereocenters. The minimum absolute atomic E-state index is 0.00574. The highest BCUT2D eigenvalue weighted by Gasteiger charge is 2.30. The third kappa shape index (κ3) is 4.70. The highest BCUT2D eigenvalue weighted by atomic mass is 35.5. The summed E-state index contributed by atoms with van der Waals surface area (Å²) in [6, 6.07) is 10.7. The van der Waals surface area contributed by atoms with Gasteiger partial charge in [-0.3, -0.25) is 14.1 Å². The van der Waals surface area contributed by atoms with Crippen molar-refractivity contribution in [3.05, 3.63) is 93.1 Å². The molecular formula is C24H19ClF2N4O5S. The van der Waals surface area contributed by atoms with E-state index in [0.717, 1.165) is 12.1 Å². The van der Waals surface area contributed by atoms with E-state index in [0.29, 0.717) is 28.1 Å². The van der Waals surface area contributed by atoms with Gasteiger partial charge in [0.1, 0.15) is 12.0 Å². The van der Waals surface area contributed by atoms with Gasteiger partial charge in [0.2, 0.25) is 0 Å². The monoisotopic (exact) mass is 548 g/mol. The Labute approximate surface area is 215 Å². The third-order valence-electron chi connectivity index (χ3n) is 5.98. The number of nitrogens with one attached hydrogen (secondary N) is 1. The number of halogens is 3. The Morgan fingerprint density at radius 3 is 2.62 bits per heavy atom. The Bertz CT molecular complexity index is 1660. The second-order valence-electron chi connectivity index (χ2n) is 8.19. The summed E-state index contributed by atoms with van der Waals surface area (Å²) < 4.78 is 68.1. The molecule has 0 aliphatic carbocycles. The quantitative estimate of drug-likeness (QED) is 0.388. The van der Waals surface area contributed by atoms with Crippen molar-refractivity contribution in [1.82, 2.24) is 14.0 Å². The molecule has 0 spiro atoms. The summed E-state index contributed by atoms with van der Waals surface area (Å²) in [5.74, 6) is -1.70. The second-order valence-corrected chi connectivity index (χ2v) is 10.3. The number of hydrogen-bond donors (Lipinski definition) is 1. The lowest BCUT2D eigenvalue weighted by molar-refractivity contribution is 0.384. The molecule has 2 aromatic heterocycles. The largest absolute Gasteiger partial charge is 0.495 e. The molecule has 0 radical (unpaired) electrons. The standard InChI is InChI=1S/C24H19ClF2N4O5S/c1-35-22-11-16(14-2-4-18(26)19(27)10-14)17(25)12-21(22)31-20-6-8-30(13-15(20)3-5-24(31)32)37(33,34)29-23-7-9-36-28-23/h2-5,7,9-12H,6,8,13H2,1H3,(H,28,29). The first-order valence-electron chi connectivity index (χ1n) is 10.9. The van der Waals surface area contributed by atoms with Crippen LogP contribution in [0.25, 0.3) is 16.8 Å². The van der Waals surface area contributed by atoms with E-state index in [-0.39, 0.29) is 41.7 Å². The van der Waals surface area contributed by atoms with Gasteiger partial charge in [0.15, 0.2) is 17.5 Å². The van der Waals surface area contributed by atoms with E-state index in [2.05, 4.69) is 14.4 Å². The first kappa shape index (κ1) is 24.9. The molecule has 0 amide bonds. The van der Waals surface area contributed by atoms with Gasteiger partial charge in [-0.2, -0.15) is 12.7 Å². The summed E-state index contributed by atoms with van der Waals surface area (Å²) in [4.78, 5) is 13.0. The predicted molar refractivity (Wildman–Crippen MR) is 132 cm³/mol. The van der Waals surface area contributed by atoms with Crippen LogP contribution in [-0.2, 0) is 23.2 Å². The average Bonchev–Trinajstić information content (AvgIpc) is 3.37. The lowest BCUT2D eigenvalue weighted by Gasteiger charge is -2.30. The molecule has 4 aromatic rings. The summed E-state index contributed by atoms with van der Waals surface area (Å²) in [5.41, 5.74) is 1.88. The molecule has 0 fully saturated rings. The van der Waals surface area contributed by atoms with Crippen molar-refractivity contribution < 1.29 is 26.5 Å². The normalized spacial score (nSPS) is 13.8. The van der Waals surface area contributed by atoms with E-state index in [1.165, 1.54) is 52.6 Å². The van der Waals surface area contributed by atoms with Gasteiger partial charge in [-0.15, -0.1) is 0 Å². The van der Waals surface area contributed by atoms with Crippen molar-refractivity contribution in [1.29, 1.82) is 0 Å². The van der Waals surface area contributed by atoms with E-state index >= 15 is 0 Å². The van der Waals surface area contributed by atoms with Crippen LogP contribution in [0.4, 0.5) is 14.6 Å². The summed E-state index contributed by atoms with van der Waals surface area (Å²) in [6.07, 6.45) is 1.47. The number of hydrogen-bond acceptors (Lipinski definition) is 6. The van der Waals surface area contributed by atoms with Gasteiger partial charge in [-0.1, -0.05) is 28.9 Å². The molecule has 9 nitrogen and oxygen atoms in total. The van der Waals surface area contributed by atoms with Crippen LogP contribution in [0.5, 0.6) is 5.75 Å². The Balaban J connectivity index is 1.54. The van der Waals surface area contributed by atoms with E-state index in [9.17, 15) is 22.0 Å². The first-order chi connectivity index (χ1) is 17.7. The minimum atomic E-state index is -3.93. The third-order valence-corrected chi connectivity index (χ3v) is 7.76. The molecule has 1 N–H and O–H groups in total. The molecule has 0 unspecified atom stereocenters. The van der Waals surface area contributed by atoms with Crippen LogP contribution >= 0.6 is 11.6 Å². The van der Waals surface area contributed by atoms with Gasteiger partial charge in [-0.05, 0) is 35.4 Å². The summed E-state index contributed by atoms with van der Waals surface area (Å²) in [7, 11) is -2.52. The van der Waals surface area contributed by atoms with Crippen molar-refractivity contribution in [2.24, 2.45) is 0 Å². The maximum atomic E-state index is 13.8. The van der Waals surface area contributed by atoms with Crippen LogP contribution in [-0.4, -0.2) is 36.1 Å². The molecule has 1 aliphatic rings. The van der Waals surface area contributed by atoms with Crippen LogP contribution in [0, 0.1) is 11.6 Å².